The summed E-state index contributed by atoms with van der Waals surface area (Å²) in [4.78, 5) is 7.95. The monoisotopic (exact) mass is 186 g/mol. The van der Waals surface area contributed by atoms with Crippen LogP contribution in [-0.4, -0.2) is 20.2 Å². The zero-order valence-corrected chi connectivity index (χ0v) is 7.10. The van der Waals surface area contributed by atoms with Gasteiger partial charge in [-0.2, -0.15) is 10.4 Å². The lowest BCUT2D eigenvalue weighted by Crippen LogP contribution is -1.98. The van der Waals surface area contributed by atoms with E-state index in [9.17, 15) is 0 Å². The highest BCUT2D eigenvalue weighted by atomic mass is 15.1. The van der Waals surface area contributed by atoms with Gasteiger partial charge in [-0.25, -0.2) is 9.97 Å². The molecule has 2 aromatic rings. The fraction of sp³-hybridized carbons (Fsp3) is 0. The van der Waals surface area contributed by atoms with E-state index >= 15 is 0 Å². The van der Waals surface area contributed by atoms with Crippen LogP contribution in [0.25, 0.3) is 11.4 Å². The summed E-state index contributed by atoms with van der Waals surface area (Å²) in [5.74, 6) is 0.633. The number of hydrogen-bond donors (Lipinski definition) is 2. The molecule has 0 saturated carbocycles. The normalized spacial score (nSPS) is 9.64. The Morgan fingerprint density at radius 2 is 2.29 bits per heavy atom. The highest BCUT2D eigenvalue weighted by molar-refractivity contribution is 5.57. The Morgan fingerprint density at radius 1 is 1.43 bits per heavy atom. The molecule has 2 rings (SSSR count). The first kappa shape index (κ1) is 8.19. The second-order valence-electron chi connectivity index (χ2n) is 2.59. The Bertz CT molecular complexity index is 481. The molecular formula is C8H6N6. The van der Waals surface area contributed by atoms with Crippen LogP contribution >= 0.6 is 0 Å². The van der Waals surface area contributed by atoms with Crippen LogP contribution in [0.2, 0.25) is 0 Å². The third kappa shape index (κ3) is 1.27. The molecule has 0 unspecified atom stereocenters. The molecule has 0 aromatic carbocycles. The van der Waals surface area contributed by atoms with Crippen LogP contribution in [0.15, 0.2) is 18.6 Å². The van der Waals surface area contributed by atoms with Gasteiger partial charge in [-0.1, -0.05) is 0 Å². The van der Waals surface area contributed by atoms with Crippen molar-refractivity contribution >= 4 is 5.82 Å². The van der Waals surface area contributed by atoms with Crippen molar-refractivity contribution in [3.8, 4) is 17.5 Å². The molecule has 6 nitrogen and oxygen atoms in total. The molecular weight excluding hydrogens is 180 g/mol. The van der Waals surface area contributed by atoms with E-state index in [-0.39, 0.29) is 11.4 Å². The molecule has 0 aliphatic heterocycles. The van der Waals surface area contributed by atoms with E-state index in [2.05, 4.69) is 20.2 Å². The van der Waals surface area contributed by atoms with Crippen molar-refractivity contribution in [1.82, 2.24) is 20.2 Å². The predicted molar refractivity (Wildman–Crippen MR) is 48.7 cm³/mol. The lowest BCUT2D eigenvalue weighted by atomic mass is 10.3. The maximum atomic E-state index is 8.61. The van der Waals surface area contributed by atoms with E-state index in [0.717, 1.165) is 5.56 Å². The summed E-state index contributed by atoms with van der Waals surface area (Å²) in [5.41, 5.74) is 6.55. The fourth-order valence-corrected chi connectivity index (χ4v) is 0.993. The Balaban J connectivity index is 2.49. The van der Waals surface area contributed by atoms with Gasteiger partial charge in [0.25, 0.3) is 0 Å². The Kier molecular flexibility index (Phi) is 1.84. The Hall–Kier alpha value is -2.42. The number of nitriles is 1. The number of nitrogens with one attached hydrogen (secondary N) is 1. The zero-order valence-electron chi connectivity index (χ0n) is 7.10. The number of rotatable bonds is 1. The van der Waals surface area contributed by atoms with Gasteiger partial charge in [0.05, 0.1) is 18.0 Å². The molecule has 0 spiro atoms. The number of nitrogen functional groups attached to an aromatic ring is 1. The van der Waals surface area contributed by atoms with E-state index in [4.69, 9.17) is 11.0 Å². The second-order valence-corrected chi connectivity index (χ2v) is 2.59. The minimum Gasteiger partial charge on any atom is -0.382 e. The van der Waals surface area contributed by atoms with Crippen LogP contribution in [0.4, 0.5) is 5.82 Å². The summed E-state index contributed by atoms with van der Waals surface area (Å²) in [7, 11) is 0. The third-order valence-electron chi connectivity index (χ3n) is 1.70. The van der Waals surface area contributed by atoms with Crippen LogP contribution in [0.3, 0.4) is 0 Å². The van der Waals surface area contributed by atoms with Crippen molar-refractivity contribution in [1.29, 1.82) is 5.26 Å². The summed E-state index contributed by atoms with van der Waals surface area (Å²) < 4.78 is 0. The molecule has 2 aromatic heterocycles. The van der Waals surface area contributed by atoms with E-state index in [1.807, 2.05) is 6.07 Å². The first-order chi connectivity index (χ1) is 6.81. The molecule has 6 heteroatoms. The van der Waals surface area contributed by atoms with Gasteiger partial charge >= 0.3 is 0 Å². The van der Waals surface area contributed by atoms with Gasteiger partial charge in [-0.05, 0) is 0 Å². The van der Waals surface area contributed by atoms with E-state index in [0.29, 0.717) is 5.82 Å². The highest BCUT2D eigenvalue weighted by Crippen LogP contribution is 2.14. The molecule has 0 aliphatic rings. The first-order valence-electron chi connectivity index (χ1n) is 3.83. The number of nitrogens with two attached hydrogens (primary N) is 1. The number of aromatic amines is 1. The lowest BCUT2D eigenvalue weighted by Gasteiger charge is -1.98. The van der Waals surface area contributed by atoms with Crippen molar-refractivity contribution in [3.63, 3.8) is 0 Å². The largest absolute Gasteiger partial charge is 0.382 e. The van der Waals surface area contributed by atoms with E-state index in [1.54, 1.807) is 12.4 Å². The van der Waals surface area contributed by atoms with Crippen LogP contribution < -0.4 is 5.73 Å². The summed E-state index contributed by atoms with van der Waals surface area (Å²) in [6, 6.07) is 1.89. The molecule has 3 N–H and O–H groups in total. The molecule has 0 bridgehead atoms. The molecule has 14 heavy (non-hydrogen) atoms. The van der Waals surface area contributed by atoms with E-state index < -0.39 is 0 Å². The second kappa shape index (κ2) is 3.14. The van der Waals surface area contributed by atoms with Crippen molar-refractivity contribution < 1.29 is 0 Å². The average molecular weight is 186 g/mol. The van der Waals surface area contributed by atoms with Gasteiger partial charge in [-0.3, -0.25) is 5.10 Å². The predicted octanol–water partition coefficient (Wildman–Crippen LogP) is 0.321. The number of aromatic nitrogens is 4. The Labute approximate surface area is 79.4 Å². The van der Waals surface area contributed by atoms with Gasteiger partial charge in [0, 0.05) is 6.20 Å². The van der Waals surface area contributed by atoms with Crippen molar-refractivity contribution in [2.45, 2.75) is 0 Å². The van der Waals surface area contributed by atoms with Crippen LogP contribution in [0.1, 0.15) is 5.56 Å². The molecule has 0 atom stereocenters. The van der Waals surface area contributed by atoms with Gasteiger partial charge in [0.1, 0.15) is 17.5 Å². The minimum atomic E-state index is 0.179. The van der Waals surface area contributed by atoms with Crippen molar-refractivity contribution in [2.75, 3.05) is 5.73 Å². The topological polar surface area (TPSA) is 104 Å². The van der Waals surface area contributed by atoms with Crippen LogP contribution in [-0.2, 0) is 0 Å². The van der Waals surface area contributed by atoms with Gasteiger partial charge in [-0.15, -0.1) is 0 Å². The highest BCUT2D eigenvalue weighted by Gasteiger charge is 2.05. The smallest absolute Gasteiger partial charge is 0.164 e. The fourth-order valence-electron chi connectivity index (χ4n) is 0.993. The summed E-state index contributed by atoms with van der Waals surface area (Å²) in [5, 5.41) is 15.0. The Morgan fingerprint density at radius 3 is 2.86 bits per heavy atom. The van der Waals surface area contributed by atoms with E-state index in [1.165, 1.54) is 6.20 Å². The maximum Gasteiger partial charge on any atom is 0.164 e. The number of H-pyrrole nitrogens is 1. The molecule has 2 heterocycles. The number of hydrogen-bond acceptors (Lipinski definition) is 5. The molecule has 0 saturated heterocycles. The third-order valence-corrected chi connectivity index (χ3v) is 1.70. The van der Waals surface area contributed by atoms with Crippen LogP contribution in [0.5, 0.6) is 0 Å². The number of anilines is 1. The number of nitrogens with zero attached hydrogens (tertiary/aromatic N) is 4. The quantitative estimate of drug-likeness (QED) is 0.667. The van der Waals surface area contributed by atoms with Gasteiger partial charge < -0.3 is 5.73 Å². The van der Waals surface area contributed by atoms with Crippen molar-refractivity contribution in [2.24, 2.45) is 0 Å². The summed E-state index contributed by atoms with van der Waals surface area (Å²) >= 11 is 0. The molecule has 68 valence electrons. The van der Waals surface area contributed by atoms with Crippen molar-refractivity contribution in [3.05, 3.63) is 24.2 Å². The molecule has 0 aliphatic carbocycles. The molecule has 0 amide bonds. The SMILES string of the molecule is N#Cc1cnc(-c2cn[nH]c2)nc1N. The molecule has 0 fully saturated rings. The molecule has 0 radical (unpaired) electrons. The van der Waals surface area contributed by atoms with Gasteiger partial charge in [0.2, 0.25) is 0 Å². The zero-order chi connectivity index (χ0) is 9.97. The van der Waals surface area contributed by atoms with Crippen LogP contribution in [0, 0.1) is 11.3 Å². The average Bonchev–Trinajstić information content (AvgIpc) is 2.70. The summed E-state index contributed by atoms with van der Waals surface area (Å²) in [6.45, 7) is 0. The maximum absolute atomic E-state index is 8.61. The first-order valence-corrected chi connectivity index (χ1v) is 3.83. The minimum absolute atomic E-state index is 0.179. The summed E-state index contributed by atoms with van der Waals surface area (Å²) in [6.07, 6.45) is 4.63. The van der Waals surface area contributed by atoms with Gasteiger partial charge in [0.15, 0.2) is 5.82 Å². The standard InChI is InChI=1S/C8H6N6/c9-1-5-2-11-8(14-7(5)10)6-3-12-13-4-6/h2-4H,(H,12,13)(H2,10,11,14). The lowest BCUT2D eigenvalue weighted by molar-refractivity contribution is 1.09.